The lowest BCUT2D eigenvalue weighted by atomic mass is 10.0. The maximum atomic E-state index is 11.6. The van der Waals surface area contributed by atoms with Gasteiger partial charge in [0.1, 0.15) is 12.6 Å². The van der Waals surface area contributed by atoms with Crippen LogP contribution in [0.15, 0.2) is 30.3 Å². The summed E-state index contributed by atoms with van der Waals surface area (Å²) in [5.74, 6) is -0.470. The number of ether oxygens (including phenoxy) is 1. The number of benzene rings is 1. The van der Waals surface area contributed by atoms with Gasteiger partial charge in [0.05, 0.1) is 0 Å². The van der Waals surface area contributed by atoms with Crippen LogP contribution in [0.3, 0.4) is 0 Å². The summed E-state index contributed by atoms with van der Waals surface area (Å²) in [5, 5.41) is 11.1. The van der Waals surface area contributed by atoms with Crippen LogP contribution in [0, 0.1) is 5.92 Å². The maximum absolute atomic E-state index is 11.6. The van der Waals surface area contributed by atoms with Gasteiger partial charge in [-0.1, -0.05) is 44.2 Å². The average molecular weight is 280 g/mol. The van der Waals surface area contributed by atoms with Crippen molar-refractivity contribution in [3.8, 4) is 0 Å². The molecule has 2 amide bonds. The van der Waals surface area contributed by atoms with Gasteiger partial charge in [-0.25, -0.2) is 10.3 Å². The lowest BCUT2D eigenvalue weighted by Gasteiger charge is -2.18. The van der Waals surface area contributed by atoms with E-state index in [2.05, 4.69) is 5.32 Å². The molecule has 0 fully saturated rings. The molecule has 0 aliphatic rings. The van der Waals surface area contributed by atoms with Gasteiger partial charge in [0, 0.05) is 0 Å². The zero-order chi connectivity index (χ0) is 15.0. The summed E-state index contributed by atoms with van der Waals surface area (Å²) in [5.41, 5.74) is 2.40. The summed E-state index contributed by atoms with van der Waals surface area (Å²) in [6.07, 6.45) is -0.282. The van der Waals surface area contributed by atoms with Gasteiger partial charge < -0.3 is 10.1 Å². The van der Waals surface area contributed by atoms with E-state index >= 15 is 0 Å². The summed E-state index contributed by atoms with van der Waals surface area (Å²) in [6, 6.07) is 8.41. The second-order valence-electron chi connectivity index (χ2n) is 4.86. The van der Waals surface area contributed by atoms with E-state index in [1.54, 1.807) is 5.48 Å². The number of nitrogens with one attached hydrogen (secondary N) is 2. The van der Waals surface area contributed by atoms with Crippen LogP contribution < -0.4 is 10.8 Å². The van der Waals surface area contributed by atoms with Crippen LogP contribution in [-0.2, 0) is 16.1 Å². The molecular formula is C14H20N2O4. The minimum atomic E-state index is -0.816. The Kier molecular flexibility index (Phi) is 6.52. The Hall–Kier alpha value is -2.08. The zero-order valence-electron chi connectivity index (χ0n) is 11.6. The molecule has 0 saturated carbocycles. The Morgan fingerprint density at radius 1 is 1.25 bits per heavy atom. The zero-order valence-corrected chi connectivity index (χ0v) is 11.6. The number of carbonyl (C=O) groups excluding carboxylic acids is 2. The van der Waals surface area contributed by atoms with Crippen LogP contribution in [0.1, 0.15) is 25.8 Å². The minimum absolute atomic E-state index is 0.127. The van der Waals surface area contributed by atoms with E-state index in [0.717, 1.165) is 5.56 Å². The summed E-state index contributed by atoms with van der Waals surface area (Å²) in [6.45, 7) is 3.95. The minimum Gasteiger partial charge on any atom is -0.445 e. The SMILES string of the molecule is CC(C)CC(NC(=O)OCc1ccccc1)C(=O)NO. The van der Waals surface area contributed by atoms with Gasteiger partial charge in [-0.2, -0.15) is 0 Å². The van der Waals surface area contributed by atoms with E-state index in [0.29, 0.717) is 6.42 Å². The molecule has 3 N–H and O–H groups in total. The summed E-state index contributed by atoms with van der Waals surface area (Å²) in [7, 11) is 0. The number of alkyl carbamates (subject to hydrolysis) is 1. The lowest BCUT2D eigenvalue weighted by Crippen LogP contribution is -2.46. The van der Waals surface area contributed by atoms with Crippen molar-refractivity contribution in [3.05, 3.63) is 35.9 Å². The van der Waals surface area contributed by atoms with E-state index in [9.17, 15) is 9.59 Å². The highest BCUT2D eigenvalue weighted by atomic mass is 16.5. The fourth-order valence-electron chi connectivity index (χ4n) is 1.69. The topological polar surface area (TPSA) is 87.7 Å². The van der Waals surface area contributed by atoms with Gasteiger partial charge in [-0.3, -0.25) is 10.0 Å². The fraction of sp³-hybridized carbons (Fsp3) is 0.429. The van der Waals surface area contributed by atoms with E-state index in [4.69, 9.17) is 9.94 Å². The molecule has 110 valence electrons. The van der Waals surface area contributed by atoms with E-state index < -0.39 is 18.0 Å². The number of rotatable bonds is 6. The molecule has 0 spiro atoms. The molecule has 6 heteroatoms. The predicted molar refractivity (Wildman–Crippen MR) is 72.9 cm³/mol. The number of carbonyl (C=O) groups is 2. The van der Waals surface area contributed by atoms with Crippen LogP contribution >= 0.6 is 0 Å². The quantitative estimate of drug-likeness (QED) is 0.548. The smallest absolute Gasteiger partial charge is 0.408 e. The molecule has 0 saturated heterocycles. The number of hydroxylamine groups is 1. The van der Waals surface area contributed by atoms with Crippen LogP contribution in [-0.4, -0.2) is 23.2 Å². The van der Waals surface area contributed by atoms with Crippen molar-refractivity contribution in [1.82, 2.24) is 10.8 Å². The monoisotopic (exact) mass is 280 g/mol. The average Bonchev–Trinajstić information content (AvgIpc) is 2.44. The Morgan fingerprint density at radius 3 is 2.45 bits per heavy atom. The molecule has 0 bridgehead atoms. The van der Waals surface area contributed by atoms with E-state index in [1.807, 2.05) is 44.2 Å². The first-order valence-corrected chi connectivity index (χ1v) is 6.44. The third-order valence-corrected chi connectivity index (χ3v) is 2.64. The molecule has 0 heterocycles. The van der Waals surface area contributed by atoms with Crippen molar-refractivity contribution >= 4 is 12.0 Å². The molecule has 1 aromatic carbocycles. The lowest BCUT2D eigenvalue weighted by molar-refractivity contribution is -0.131. The third kappa shape index (κ3) is 5.71. The second-order valence-corrected chi connectivity index (χ2v) is 4.86. The summed E-state index contributed by atoms with van der Waals surface area (Å²) in [4.78, 5) is 23.1. The Labute approximate surface area is 118 Å². The Morgan fingerprint density at radius 2 is 1.90 bits per heavy atom. The van der Waals surface area contributed by atoms with E-state index in [-0.39, 0.29) is 12.5 Å². The van der Waals surface area contributed by atoms with Crippen LogP contribution in [0.5, 0.6) is 0 Å². The van der Waals surface area contributed by atoms with Crippen molar-refractivity contribution in [1.29, 1.82) is 0 Å². The van der Waals surface area contributed by atoms with Gasteiger partial charge in [-0.15, -0.1) is 0 Å². The highest BCUT2D eigenvalue weighted by Gasteiger charge is 2.22. The number of hydrogen-bond acceptors (Lipinski definition) is 4. The first kappa shape index (κ1) is 16.0. The van der Waals surface area contributed by atoms with Crippen molar-refractivity contribution in [2.45, 2.75) is 32.9 Å². The molecular weight excluding hydrogens is 260 g/mol. The van der Waals surface area contributed by atoms with Crippen molar-refractivity contribution < 1.29 is 19.5 Å². The molecule has 0 aliphatic carbocycles. The van der Waals surface area contributed by atoms with Gasteiger partial charge in [0.25, 0.3) is 5.91 Å². The largest absolute Gasteiger partial charge is 0.445 e. The van der Waals surface area contributed by atoms with Crippen LogP contribution in [0.25, 0.3) is 0 Å². The van der Waals surface area contributed by atoms with Gasteiger partial charge in [0.2, 0.25) is 0 Å². The molecule has 1 aromatic rings. The Bertz CT molecular complexity index is 434. The third-order valence-electron chi connectivity index (χ3n) is 2.64. The van der Waals surface area contributed by atoms with Gasteiger partial charge in [-0.05, 0) is 17.9 Å². The van der Waals surface area contributed by atoms with Crippen LogP contribution in [0.2, 0.25) is 0 Å². The Balaban J connectivity index is 2.47. The van der Waals surface area contributed by atoms with E-state index in [1.165, 1.54) is 0 Å². The first-order chi connectivity index (χ1) is 9.52. The van der Waals surface area contributed by atoms with Crippen molar-refractivity contribution in [3.63, 3.8) is 0 Å². The predicted octanol–water partition coefficient (Wildman–Crippen LogP) is 1.83. The number of amides is 2. The molecule has 0 aliphatic heterocycles. The standard InChI is InChI=1S/C14H20N2O4/c1-10(2)8-12(13(17)16-19)15-14(18)20-9-11-6-4-3-5-7-11/h3-7,10,12,19H,8-9H2,1-2H3,(H,15,18)(H,16,17). The molecule has 1 atom stereocenters. The first-order valence-electron chi connectivity index (χ1n) is 6.44. The molecule has 1 rings (SSSR count). The second kappa shape index (κ2) is 8.16. The molecule has 0 aromatic heterocycles. The highest BCUT2D eigenvalue weighted by molar-refractivity contribution is 5.84. The fourth-order valence-corrected chi connectivity index (χ4v) is 1.69. The van der Waals surface area contributed by atoms with Crippen molar-refractivity contribution in [2.75, 3.05) is 0 Å². The molecule has 20 heavy (non-hydrogen) atoms. The molecule has 1 unspecified atom stereocenters. The number of hydrogen-bond donors (Lipinski definition) is 3. The van der Waals surface area contributed by atoms with Crippen molar-refractivity contribution in [2.24, 2.45) is 5.92 Å². The van der Waals surface area contributed by atoms with Crippen LogP contribution in [0.4, 0.5) is 4.79 Å². The molecule has 6 nitrogen and oxygen atoms in total. The van der Waals surface area contributed by atoms with Gasteiger partial charge in [0.15, 0.2) is 0 Å². The molecule has 0 radical (unpaired) electrons. The van der Waals surface area contributed by atoms with Gasteiger partial charge >= 0.3 is 6.09 Å². The highest BCUT2D eigenvalue weighted by Crippen LogP contribution is 2.06. The summed E-state index contributed by atoms with van der Waals surface area (Å²) < 4.78 is 5.02. The maximum Gasteiger partial charge on any atom is 0.408 e. The normalized spacial score (nSPS) is 11.8. The summed E-state index contributed by atoms with van der Waals surface area (Å²) >= 11 is 0.